The van der Waals surface area contributed by atoms with Crippen molar-refractivity contribution < 1.29 is 43.9 Å². The van der Waals surface area contributed by atoms with Gasteiger partial charge in [0.25, 0.3) is 0 Å². The van der Waals surface area contributed by atoms with Crippen molar-refractivity contribution in [2.45, 2.75) is 121 Å². The van der Waals surface area contributed by atoms with Crippen LogP contribution < -0.4 is 0 Å². The molecule has 0 radical (unpaired) electrons. The highest BCUT2D eigenvalue weighted by atomic mass is 16.6. The average molecular weight is 651 g/mol. The van der Waals surface area contributed by atoms with E-state index < -0.39 is 47.7 Å². The Kier molecular flexibility index (Phi) is 13.9. The van der Waals surface area contributed by atoms with Crippen molar-refractivity contribution in [3.05, 3.63) is 36.0 Å². The summed E-state index contributed by atoms with van der Waals surface area (Å²) >= 11 is 0. The number of ether oxygens (including phenoxy) is 4. The molecule has 0 bridgehead atoms. The van der Waals surface area contributed by atoms with Gasteiger partial charge in [0, 0.05) is 51.5 Å². The molecule has 3 aliphatic rings. The molecular weight excluding hydrogens is 592 g/mol. The number of methoxy groups -OCH3 is 1. The van der Waals surface area contributed by atoms with E-state index in [2.05, 4.69) is 4.90 Å². The van der Waals surface area contributed by atoms with E-state index in [-0.39, 0.29) is 36.9 Å². The van der Waals surface area contributed by atoms with E-state index in [1.807, 2.05) is 47.7 Å². The van der Waals surface area contributed by atoms with Gasteiger partial charge in [0.1, 0.15) is 11.7 Å². The molecule has 3 N–H and O–H groups in total. The summed E-state index contributed by atoms with van der Waals surface area (Å²) in [5.41, 5.74) is -1.34. The van der Waals surface area contributed by atoms with Gasteiger partial charge < -0.3 is 44.1 Å². The number of aliphatic hydroxyl groups is 3. The van der Waals surface area contributed by atoms with Gasteiger partial charge in [-0.25, -0.2) is 4.79 Å². The van der Waals surface area contributed by atoms with Crippen molar-refractivity contribution in [1.82, 2.24) is 9.80 Å². The Labute approximate surface area is 275 Å². The van der Waals surface area contributed by atoms with Crippen LogP contribution >= 0.6 is 0 Å². The second-order valence-electron chi connectivity index (χ2n) is 14.0. The number of nitrogens with zero attached hydrogens (tertiary/aromatic N) is 2. The third-order valence-electron chi connectivity index (χ3n) is 9.80. The Hall–Kier alpha value is -2.28. The Morgan fingerprint density at radius 3 is 2.57 bits per heavy atom. The normalized spacial score (nSPS) is 35.3. The van der Waals surface area contributed by atoms with Crippen molar-refractivity contribution in [3.8, 4) is 0 Å². The third kappa shape index (κ3) is 10.9. The van der Waals surface area contributed by atoms with E-state index in [1.165, 1.54) is 0 Å². The summed E-state index contributed by atoms with van der Waals surface area (Å²) in [5, 5.41) is 31.9. The Balaban J connectivity index is 1.77. The second-order valence-corrected chi connectivity index (χ2v) is 14.0. The van der Waals surface area contributed by atoms with E-state index in [4.69, 9.17) is 18.9 Å². The van der Waals surface area contributed by atoms with Crippen LogP contribution in [-0.2, 0) is 23.7 Å². The molecule has 0 aromatic rings. The molecular formula is C35H58N2O9. The number of allylic oxidation sites excluding steroid dienone is 2. The molecule has 11 nitrogen and oxygen atoms in total. The lowest BCUT2D eigenvalue weighted by molar-refractivity contribution is -0.151. The number of likely N-dealkylation sites (N-methyl/N-ethyl adjacent to an activating group) is 1. The number of aliphatic hydroxyl groups excluding tert-OH is 2. The highest BCUT2D eigenvalue weighted by Gasteiger charge is 2.47. The fourth-order valence-corrected chi connectivity index (χ4v) is 6.18. The molecule has 3 aliphatic heterocycles. The molecule has 262 valence electrons. The Bertz CT molecular complexity index is 1100. The lowest BCUT2D eigenvalue weighted by atomic mass is 9.88. The molecule has 10 atom stereocenters. The topological polar surface area (TPSA) is 142 Å². The van der Waals surface area contributed by atoms with E-state index in [0.717, 1.165) is 18.7 Å². The number of cyclic esters (lactones) is 1. The standard InChI is InChI=1S/C35H58N2O9/c1-9-27(39)25(4)32-28(44-32)22-34(5,42)15-10-11-23(2)31-24(3)12-13-29(45-33(41)37-19-17-36(7)18-20-37)35(6,43-8)16-14-26(38)21-30(40)46-31/h10-13,15,24-29,31-32,38-39,42H,9,14,16-22H2,1-8H3/b13-12-,15-10+,23-11+/t24-,25+,26+,27-,28+,29-,31+,32+,34-,35+/m0/s1. The molecule has 0 saturated carbocycles. The monoisotopic (exact) mass is 650 g/mol. The predicted molar refractivity (Wildman–Crippen MR) is 175 cm³/mol. The zero-order chi connectivity index (χ0) is 34.2. The van der Waals surface area contributed by atoms with Gasteiger partial charge in [0.2, 0.25) is 0 Å². The van der Waals surface area contributed by atoms with Gasteiger partial charge in [-0.15, -0.1) is 0 Å². The molecule has 3 heterocycles. The number of epoxide rings is 1. The van der Waals surface area contributed by atoms with Gasteiger partial charge in [-0.2, -0.15) is 0 Å². The lowest BCUT2D eigenvalue weighted by Crippen LogP contribution is -2.50. The van der Waals surface area contributed by atoms with Crippen LogP contribution in [0.3, 0.4) is 0 Å². The molecule has 0 aliphatic carbocycles. The van der Waals surface area contributed by atoms with Crippen LogP contribution in [0.2, 0.25) is 0 Å². The van der Waals surface area contributed by atoms with Crippen LogP contribution in [0.4, 0.5) is 4.79 Å². The van der Waals surface area contributed by atoms with Gasteiger partial charge in [-0.1, -0.05) is 45.1 Å². The summed E-state index contributed by atoms with van der Waals surface area (Å²) in [6, 6.07) is 0. The molecule has 0 aromatic carbocycles. The first-order valence-electron chi connectivity index (χ1n) is 16.8. The van der Waals surface area contributed by atoms with Crippen LogP contribution in [0.5, 0.6) is 0 Å². The Morgan fingerprint density at radius 2 is 1.93 bits per heavy atom. The van der Waals surface area contributed by atoms with Crippen LogP contribution in [0, 0.1) is 11.8 Å². The minimum absolute atomic E-state index is 0.00239. The first kappa shape index (κ1) is 38.2. The predicted octanol–water partition coefficient (Wildman–Crippen LogP) is 3.61. The van der Waals surface area contributed by atoms with Gasteiger partial charge in [0.05, 0.1) is 36.4 Å². The molecule has 2 saturated heterocycles. The zero-order valence-electron chi connectivity index (χ0n) is 29.1. The first-order chi connectivity index (χ1) is 21.6. The summed E-state index contributed by atoms with van der Waals surface area (Å²) in [5.74, 6) is -0.833. The van der Waals surface area contributed by atoms with Crippen LogP contribution in [0.1, 0.15) is 73.6 Å². The van der Waals surface area contributed by atoms with Crippen LogP contribution in [0.15, 0.2) is 36.0 Å². The number of carbonyl (C=O) groups is 2. The number of esters is 1. The van der Waals surface area contributed by atoms with Crippen LogP contribution in [-0.4, -0.2) is 125 Å². The fraction of sp³-hybridized carbons (Fsp3) is 0.771. The molecule has 1 amide bonds. The fourth-order valence-electron chi connectivity index (χ4n) is 6.18. The summed E-state index contributed by atoms with van der Waals surface area (Å²) in [6.45, 7) is 13.9. The molecule has 3 rings (SSSR count). The maximum Gasteiger partial charge on any atom is 0.410 e. The Morgan fingerprint density at radius 1 is 1.26 bits per heavy atom. The molecule has 46 heavy (non-hydrogen) atoms. The maximum absolute atomic E-state index is 13.2. The second kappa shape index (κ2) is 16.7. The van der Waals surface area contributed by atoms with Gasteiger partial charge >= 0.3 is 12.1 Å². The minimum atomic E-state index is -1.14. The van der Waals surface area contributed by atoms with Crippen molar-refractivity contribution in [3.63, 3.8) is 0 Å². The summed E-state index contributed by atoms with van der Waals surface area (Å²) in [4.78, 5) is 29.9. The van der Waals surface area contributed by atoms with E-state index in [9.17, 15) is 24.9 Å². The minimum Gasteiger partial charge on any atom is -0.457 e. The average Bonchev–Trinajstić information content (AvgIpc) is 3.77. The van der Waals surface area contributed by atoms with Crippen LogP contribution in [0.25, 0.3) is 0 Å². The van der Waals surface area contributed by atoms with E-state index >= 15 is 0 Å². The van der Waals surface area contributed by atoms with Crippen molar-refractivity contribution in [2.24, 2.45) is 11.8 Å². The molecule has 2 fully saturated rings. The van der Waals surface area contributed by atoms with Gasteiger partial charge in [0.15, 0.2) is 6.10 Å². The van der Waals surface area contributed by atoms with E-state index in [0.29, 0.717) is 32.4 Å². The summed E-state index contributed by atoms with van der Waals surface area (Å²) in [6.07, 6.45) is 6.98. The zero-order valence-corrected chi connectivity index (χ0v) is 29.1. The third-order valence-corrected chi connectivity index (χ3v) is 9.80. The number of hydrogen-bond acceptors (Lipinski definition) is 10. The molecule has 0 spiro atoms. The van der Waals surface area contributed by atoms with Crippen molar-refractivity contribution in [1.29, 1.82) is 0 Å². The molecule has 0 unspecified atom stereocenters. The summed E-state index contributed by atoms with van der Waals surface area (Å²) in [7, 11) is 3.58. The SMILES string of the molecule is CC[C@H](O)[C@@H](C)[C@H]1O[C@@H]1C[C@@](C)(O)/C=C/C=C(\C)[C@H]1OC(=O)C[C@H](O)CC[C@@](C)(OC)[C@@H](OC(=O)N2CCN(C)CC2)/C=C\[C@@H]1C. The lowest BCUT2D eigenvalue weighted by Gasteiger charge is -2.38. The van der Waals surface area contributed by atoms with Gasteiger partial charge in [-0.3, -0.25) is 4.79 Å². The largest absolute Gasteiger partial charge is 0.457 e. The number of hydrogen-bond donors (Lipinski definition) is 3. The first-order valence-corrected chi connectivity index (χ1v) is 16.8. The van der Waals surface area contributed by atoms with E-state index in [1.54, 1.807) is 43.2 Å². The summed E-state index contributed by atoms with van der Waals surface area (Å²) < 4.78 is 23.6. The maximum atomic E-state index is 13.2. The highest BCUT2D eigenvalue weighted by molar-refractivity contribution is 5.70. The molecule has 0 aromatic heterocycles. The smallest absolute Gasteiger partial charge is 0.410 e. The number of amides is 1. The van der Waals surface area contributed by atoms with Crippen molar-refractivity contribution in [2.75, 3.05) is 40.3 Å². The molecule has 11 heteroatoms. The number of carbonyl (C=O) groups excluding carboxylic acids is 2. The van der Waals surface area contributed by atoms with Crippen molar-refractivity contribution >= 4 is 12.1 Å². The quantitative estimate of drug-likeness (QED) is 0.139. The van der Waals surface area contributed by atoms with Gasteiger partial charge in [-0.05, 0) is 58.7 Å². The number of rotatable bonds is 10. The highest BCUT2D eigenvalue weighted by Crippen LogP contribution is 2.37. The number of piperazine rings is 1.